The lowest BCUT2D eigenvalue weighted by molar-refractivity contribution is -0.128. The maximum Gasteiger partial charge on any atom is 0.241 e. The number of methoxy groups -OCH3 is 1. The van der Waals surface area contributed by atoms with Crippen molar-refractivity contribution in [1.29, 1.82) is 0 Å². The van der Waals surface area contributed by atoms with Crippen molar-refractivity contribution in [2.24, 2.45) is 4.99 Å². The molecule has 1 aromatic rings. The molecule has 126 valence electrons. The SMILES string of the molecule is CCNC(=NCc1cccc(OC)n1)NCC(=O)N1CCCC1. The summed E-state index contributed by atoms with van der Waals surface area (Å²) in [6.45, 7) is 5.13. The minimum absolute atomic E-state index is 0.118. The number of rotatable bonds is 6. The number of pyridine rings is 1. The summed E-state index contributed by atoms with van der Waals surface area (Å²) in [5, 5.41) is 6.22. The van der Waals surface area contributed by atoms with Crippen LogP contribution < -0.4 is 15.4 Å². The second-order valence-corrected chi connectivity index (χ2v) is 5.31. The molecule has 0 saturated carbocycles. The molecule has 1 aliphatic heterocycles. The molecule has 0 spiro atoms. The Hall–Kier alpha value is -2.31. The third-order valence-corrected chi connectivity index (χ3v) is 3.60. The molecule has 0 radical (unpaired) electrons. The van der Waals surface area contributed by atoms with Gasteiger partial charge in [-0.05, 0) is 25.8 Å². The molecule has 1 saturated heterocycles. The Morgan fingerprint density at radius 2 is 2.13 bits per heavy atom. The first-order valence-corrected chi connectivity index (χ1v) is 8.02. The number of likely N-dealkylation sites (tertiary alicyclic amines) is 1. The molecule has 2 N–H and O–H groups in total. The molecule has 7 nitrogen and oxygen atoms in total. The van der Waals surface area contributed by atoms with Crippen molar-refractivity contribution in [2.45, 2.75) is 26.3 Å². The second-order valence-electron chi connectivity index (χ2n) is 5.31. The fourth-order valence-corrected chi connectivity index (χ4v) is 2.40. The number of hydrogen-bond donors (Lipinski definition) is 2. The van der Waals surface area contributed by atoms with Gasteiger partial charge >= 0.3 is 0 Å². The van der Waals surface area contributed by atoms with Crippen LogP contribution in [0.5, 0.6) is 5.88 Å². The summed E-state index contributed by atoms with van der Waals surface area (Å²) in [7, 11) is 1.59. The standard InChI is InChI=1S/C16H25N5O2/c1-3-17-16(19-12-15(22)21-9-4-5-10-21)18-11-13-7-6-8-14(20-13)23-2/h6-8H,3-5,9-12H2,1-2H3,(H2,17,18,19). The van der Waals surface area contributed by atoms with Crippen LogP contribution in [0.3, 0.4) is 0 Å². The number of carbonyl (C=O) groups excluding carboxylic acids is 1. The summed E-state index contributed by atoms with van der Waals surface area (Å²) >= 11 is 0. The molecule has 0 aromatic carbocycles. The van der Waals surface area contributed by atoms with E-state index >= 15 is 0 Å². The van der Waals surface area contributed by atoms with Gasteiger partial charge in [-0.1, -0.05) is 6.07 Å². The fourth-order valence-electron chi connectivity index (χ4n) is 2.40. The van der Waals surface area contributed by atoms with Gasteiger partial charge < -0.3 is 20.3 Å². The van der Waals surface area contributed by atoms with E-state index in [0.29, 0.717) is 18.4 Å². The zero-order chi connectivity index (χ0) is 16.5. The number of nitrogens with zero attached hydrogens (tertiary/aromatic N) is 3. The van der Waals surface area contributed by atoms with Gasteiger partial charge in [-0.2, -0.15) is 0 Å². The van der Waals surface area contributed by atoms with Crippen LogP contribution >= 0.6 is 0 Å². The Kier molecular flexibility index (Phi) is 6.65. The summed E-state index contributed by atoms with van der Waals surface area (Å²) in [6, 6.07) is 5.57. The second kappa shape index (κ2) is 8.97. The number of hydrogen-bond acceptors (Lipinski definition) is 4. The van der Waals surface area contributed by atoms with E-state index in [0.717, 1.165) is 38.2 Å². The molecular formula is C16H25N5O2. The fraction of sp³-hybridized carbons (Fsp3) is 0.562. The molecule has 1 aliphatic rings. The first-order valence-electron chi connectivity index (χ1n) is 8.02. The Balaban J connectivity index is 1.89. The van der Waals surface area contributed by atoms with Gasteiger partial charge in [0.1, 0.15) is 0 Å². The summed E-state index contributed by atoms with van der Waals surface area (Å²) in [4.78, 5) is 22.7. The van der Waals surface area contributed by atoms with Crippen LogP contribution in [0, 0.1) is 0 Å². The smallest absolute Gasteiger partial charge is 0.241 e. The van der Waals surface area contributed by atoms with Crippen LogP contribution in [0.15, 0.2) is 23.2 Å². The Morgan fingerprint density at radius 3 is 2.83 bits per heavy atom. The van der Waals surface area contributed by atoms with E-state index in [1.54, 1.807) is 13.2 Å². The topological polar surface area (TPSA) is 78.9 Å². The van der Waals surface area contributed by atoms with Crippen molar-refractivity contribution in [3.8, 4) is 5.88 Å². The first kappa shape index (κ1) is 17.1. The van der Waals surface area contributed by atoms with Crippen molar-refractivity contribution in [2.75, 3.05) is 33.3 Å². The number of guanidine groups is 1. The lowest BCUT2D eigenvalue weighted by Gasteiger charge is -2.17. The van der Waals surface area contributed by atoms with E-state index in [-0.39, 0.29) is 12.5 Å². The predicted molar refractivity (Wildman–Crippen MR) is 89.4 cm³/mol. The molecule has 1 amide bonds. The molecule has 1 aromatic heterocycles. The normalized spacial score (nSPS) is 14.7. The van der Waals surface area contributed by atoms with Gasteiger partial charge in [-0.25, -0.2) is 9.98 Å². The first-order chi connectivity index (χ1) is 11.2. The zero-order valence-corrected chi connectivity index (χ0v) is 13.8. The molecule has 7 heteroatoms. The monoisotopic (exact) mass is 319 g/mol. The van der Waals surface area contributed by atoms with Gasteiger partial charge in [0, 0.05) is 25.7 Å². The highest BCUT2D eigenvalue weighted by Gasteiger charge is 2.17. The molecule has 1 fully saturated rings. The maximum atomic E-state index is 12.1. The number of aromatic nitrogens is 1. The van der Waals surface area contributed by atoms with Crippen LogP contribution in [-0.4, -0.2) is 55.0 Å². The highest BCUT2D eigenvalue weighted by molar-refractivity contribution is 5.86. The molecule has 0 unspecified atom stereocenters. The number of carbonyl (C=O) groups is 1. The molecule has 0 bridgehead atoms. The maximum absolute atomic E-state index is 12.1. The van der Waals surface area contributed by atoms with Gasteiger partial charge in [0.15, 0.2) is 5.96 Å². The molecule has 0 atom stereocenters. The minimum Gasteiger partial charge on any atom is -0.481 e. The number of nitrogens with one attached hydrogen (secondary N) is 2. The van der Waals surface area contributed by atoms with Crippen LogP contribution in [0.25, 0.3) is 0 Å². The van der Waals surface area contributed by atoms with Gasteiger partial charge in [-0.3, -0.25) is 4.79 Å². The quantitative estimate of drug-likeness (QED) is 0.598. The summed E-state index contributed by atoms with van der Waals surface area (Å²) < 4.78 is 5.10. The molecule has 2 rings (SSSR count). The number of aliphatic imine (C=N–C) groups is 1. The van der Waals surface area contributed by atoms with Gasteiger partial charge in [0.2, 0.25) is 11.8 Å². The van der Waals surface area contributed by atoms with Crippen molar-refractivity contribution in [3.05, 3.63) is 23.9 Å². The average Bonchev–Trinajstić information content (AvgIpc) is 3.12. The Bertz CT molecular complexity index is 541. The lowest BCUT2D eigenvalue weighted by atomic mass is 10.3. The van der Waals surface area contributed by atoms with Crippen molar-refractivity contribution in [1.82, 2.24) is 20.5 Å². The van der Waals surface area contributed by atoms with Gasteiger partial charge in [0.05, 0.1) is 25.9 Å². The Labute approximate surface area is 137 Å². The van der Waals surface area contributed by atoms with Gasteiger partial charge in [0.25, 0.3) is 0 Å². The number of ether oxygens (including phenoxy) is 1. The Morgan fingerprint density at radius 1 is 1.35 bits per heavy atom. The third kappa shape index (κ3) is 5.43. The molecule has 2 heterocycles. The minimum atomic E-state index is 0.118. The van der Waals surface area contributed by atoms with E-state index in [9.17, 15) is 4.79 Å². The summed E-state index contributed by atoms with van der Waals surface area (Å²) in [5.41, 5.74) is 0.812. The zero-order valence-electron chi connectivity index (χ0n) is 13.8. The predicted octanol–water partition coefficient (Wildman–Crippen LogP) is 0.768. The molecule has 23 heavy (non-hydrogen) atoms. The van der Waals surface area contributed by atoms with E-state index < -0.39 is 0 Å². The van der Waals surface area contributed by atoms with Crippen molar-refractivity contribution >= 4 is 11.9 Å². The lowest BCUT2D eigenvalue weighted by Crippen LogP contribution is -2.44. The molecular weight excluding hydrogens is 294 g/mol. The highest BCUT2D eigenvalue weighted by Crippen LogP contribution is 2.08. The average molecular weight is 319 g/mol. The summed E-state index contributed by atoms with van der Waals surface area (Å²) in [5.74, 6) is 1.30. The van der Waals surface area contributed by atoms with Crippen LogP contribution in [0.2, 0.25) is 0 Å². The van der Waals surface area contributed by atoms with Crippen LogP contribution in [0.4, 0.5) is 0 Å². The number of amides is 1. The van der Waals surface area contributed by atoms with Crippen LogP contribution in [0.1, 0.15) is 25.5 Å². The van der Waals surface area contributed by atoms with Crippen LogP contribution in [-0.2, 0) is 11.3 Å². The van der Waals surface area contributed by atoms with Crippen molar-refractivity contribution < 1.29 is 9.53 Å². The highest BCUT2D eigenvalue weighted by atomic mass is 16.5. The van der Waals surface area contributed by atoms with E-state index in [1.807, 2.05) is 24.0 Å². The van der Waals surface area contributed by atoms with E-state index in [4.69, 9.17) is 4.74 Å². The summed E-state index contributed by atoms with van der Waals surface area (Å²) in [6.07, 6.45) is 2.20. The third-order valence-electron chi connectivity index (χ3n) is 3.60. The van der Waals surface area contributed by atoms with E-state index in [2.05, 4.69) is 20.6 Å². The van der Waals surface area contributed by atoms with Gasteiger partial charge in [-0.15, -0.1) is 0 Å². The molecule has 0 aliphatic carbocycles. The largest absolute Gasteiger partial charge is 0.481 e. The van der Waals surface area contributed by atoms with Crippen molar-refractivity contribution in [3.63, 3.8) is 0 Å². The van der Waals surface area contributed by atoms with E-state index in [1.165, 1.54) is 0 Å².